The van der Waals surface area contributed by atoms with Gasteiger partial charge < -0.3 is 4.74 Å². The highest BCUT2D eigenvalue weighted by Crippen LogP contribution is 1.74. The molecule has 0 aliphatic carbocycles. The van der Waals surface area contributed by atoms with E-state index in [1.165, 1.54) is 0 Å². The van der Waals surface area contributed by atoms with Crippen LogP contribution in [0.4, 0.5) is 0 Å². The van der Waals surface area contributed by atoms with Gasteiger partial charge in [-0.3, -0.25) is 0 Å². The first-order valence-electron chi connectivity index (χ1n) is 2.81. The molecule has 0 bridgehead atoms. The van der Waals surface area contributed by atoms with E-state index >= 15 is 0 Å². The average molecular weight is 116 g/mol. The van der Waals surface area contributed by atoms with Crippen molar-refractivity contribution in [1.29, 1.82) is 0 Å². The van der Waals surface area contributed by atoms with Crippen molar-refractivity contribution < 1.29 is 9.31 Å². The summed E-state index contributed by atoms with van der Waals surface area (Å²) in [6, 6.07) is 0. The van der Waals surface area contributed by atoms with Gasteiger partial charge in [0.25, 0.3) is 0 Å². The second-order valence-corrected chi connectivity index (χ2v) is 1.74. The molecule has 0 saturated heterocycles. The maximum absolute atomic E-state index is 4.95. The Balaban J connectivity index is 3.83. The fourth-order valence-electron chi connectivity index (χ4n) is 0.379. The topological polar surface area (TPSA) is 12.2 Å². The van der Waals surface area contributed by atoms with Crippen LogP contribution in [0.5, 0.6) is 0 Å². The van der Waals surface area contributed by atoms with E-state index in [1.54, 1.807) is 7.11 Å². The summed E-state index contributed by atoms with van der Waals surface area (Å²) in [6.07, 6.45) is 0. The van der Waals surface area contributed by atoms with Crippen molar-refractivity contribution in [3.63, 3.8) is 0 Å². The largest absolute Gasteiger partial charge is 0.452 e. The molecule has 0 spiro atoms. The lowest BCUT2D eigenvalue weighted by molar-refractivity contribution is -0.502. The molecule has 0 saturated carbocycles. The molecule has 0 fully saturated rings. The zero-order valence-electron chi connectivity index (χ0n) is 6.06. The van der Waals surface area contributed by atoms with Crippen molar-refractivity contribution in [1.82, 2.24) is 0 Å². The summed E-state index contributed by atoms with van der Waals surface area (Å²) < 4.78 is 6.99. The number of hydrogen-bond acceptors (Lipinski definition) is 1. The highest BCUT2D eigenvalue weighted by Gasteiger charge is 1.97. The smallest absolute Gasteiger partial charge is 0.332 e. The minimum Gasteiger partial charge on any atom is -0.452 e. The first kappa shape index (κ1) is 7.47. The Labute approximate surface area is 50.8 Å². The van der Waals surface area contributed by atoms with Gasteiger partial charge in [-0.15, -0.1) is 0 Å². The second kappa shape index (κ2) is 3.47. The summed E-state index contributed by atoms with van der Waals surface area (Å²) in [5.41, 5.74) is 0. The summed E-state index contributed by atoms with van der Waals surface area (Å²) in [4.78, 5) is 0. The molecule has 0 N–H and O–H groups in total. The minimum atomic E-state index is 0.965. The molecule has 2 nitrogen and oxygen atoms in total. The lowest BCUT2D eigenvalue weighted by atomic mass is 10.6. The fraction of sp³-hybridized carbons (Fsp3) is 0.833. The second-order valence-electron chi connectivity index (χ2n) is 1.74. The molecule has 0 aromatic heterocycles. The maximum Gasteiger partial charge on any atom is 0.332 e. The number of hydrogen-bond donors (Lipinski definition) is 0. The Bertz CT molecular complexity index is 84.7. The Morgan fingerprint density at radius 2 is 2.12 bits per heavy atom. The number of methoxy groups -OCH3 is 1. The third kappa shape index (κ3) is 1.96. The summed E-state index contributed by atoms with van der Waals surface area (Å²) in [6.45, 7) is 5.03. The van der Waals surface area contributed by atoms with E-state index in [0.717, 1.165) is 12.4 Å². The summed E-state index contributed by atoms with van der Waals surface area (Å²) in [7, 11) is 3.68. The van der Waals surface area contributed by atoms with Crippen LogP contribution in [0.25, 0.3) is 0 Å². The molecule has 0 aromatic rings. The van der Waals surface area contributed by atoms with E-state index in [0.29, 0.717) is 0 Å². The molecule has 0 atom stereocenters. The Morgan fingerprint density at radius 1 is 1.62 bits per heavy atom. The van der Waals surface area contributed by atoms with E-state index in [-0.39, 0.29) is 0 Å². The van der Waals surface area contributed by atoms with Crippen LogP contribution in [0, 0.1) is 0 Å². The van der Waals surface area contributed by atoms with E-state index < -0.39 is 0 Å². The molecule has 8 heavy (non-hydrogen) atoms. The van der Waals surface area contributed by atoms with Crippen molar-refractivity contribution in [2.45, 2.75) is 13.8 Å². The molecule has 0 aromatic carbocycles. The molecule has 0 aliphatic heterocycles. The molecule has 48 valence electrons. The molecule has 0 unspecified atom stereocenters. The summed E-state index contributed by atoms with van der Waals surface area (Å²) >= 11 is 0. The van der Waals surface area contributed by atoms with Crippen LogP contribution in [0.15, 0.2) is 0 Å². The first-order valence-corrected chi connectivity index (χ1v) is 2.81. The van der Waals surface area contributed by atoms with Gasteiger partial charge in [0.15, 0.2) is 0 Å². The van der Waals surface area contributed by atoms with Gasteiger partial charge in [-0.25, -0.2) is 4.58 Å². The molecule has 0 radical (unpaired) electrons. The molecule has 0 amide bonds. The first-order chi connectivity index (χ1) is 3.72. The summed E-state index contributed by atoms with van der Waals surface area (Å²) in [5.74, 6) is 0.965. The van der Waals surface area contributed by atoms with Gasteiger partial charge in [-0.1, -0.05) is 0 Å². The highest BCUT2D eigenvalue weighted by molar-refractivity contribution is 5.67. The van der Waals surface area contributed by atoms with Gasteiger partial charge in [-0.2, -0.15) is 0 Å². The van der Waals surface area contributed by atoms with Crippen LogP contribution in [0.1, 0.15) is 13.8 Å². The molecule has 0 heterocycles. The lowest BCUT2D eigenvalue weighted by Crippen LogP contribution is -2.15. The predicted octanol–water partition coefficient (Wildman–Crippen LogP) is 0.713. The SMILES string of the molecule is CC[N+](C)=C(C)OC. The number of rotatable bonds is 1. The summed E-state index contributed by atoms with van der Waals surface area (Å²) in [5, 5.41) is 0. The maximum atomic E-state index is 4.95. The average Bonchev–Trinajstić information content (AvgIpc) is 1.84. The van der Waals surface area contributed by atoms with Crippen LogP contribution in [-0.4, -0.2) is 31.2 Å². The molecule has 0 rings (SSSR count). The third-order valence-corrected chi connectivity index (χ3v) is 1.31. The zero-order valence-corrected chi connectivity index (χ0v) is 6.06. The van der Waals surface area contributed by atoms with Crippen LogP contribution in [0.2, 0.25) is 0 Å². The Morgan fingerprint density at radius 3 is 2.25 bits per heavy atom. The van der Waals surface area contributed by atoms with E-state index in [9.17, 15) is 0 Å². The number of nitrogens with zero attached hydrogens (tertiary/aromatic N) is 1. The lowest BCUT2D eigenvalue weighted by Gasteiger charge is -1.95. The monoisotopic (exact) mass is 116 g/mol. The zero-order chi connectivity index (χ0) is 6.57. The van der Waals surface area contributed by atoms with Gasteiger partial charge in [0.05, 0.1) is 14.0 Å². The van der Waals surface area contributed by atoms with Crippen LogP contribution in [0.3, 0.4) is 0 Å². The standard InChI is InChI=1S/C6H14NO/c1-5-7(3)6(2)8-4/h5H2,1-4H3/q+1. The van der Waals surface area contributed by atoms with Gasteiger partial charge >= 0.3 is 5.90 Å². The van der Waals surface area contributed by atoms with Gasteiger partial charge in [0.2, 0.25) is 0 Å². The third-order valence-electron chi connectivity index (χ3n) is 1.31. The van der Waals surface area contributed by atoms with Crippen molar-refractivity contribution in [3.8, 4) is 0 Å². The van der Waals surface area contributed by atoms with Crippen LogP contribution < -0.4 is 0 Å². The van der Waals surface area contributed by atoms with Crippen LogP contribution >= 0.6 is 0 Å². The fourth-order valence-corrected chi connectivity index (χ4v) is 0.379. The van der Waals surface area contributed by atoms with Gasteiger partial charge in [0, 0.05) is 0 Å². The van der Waals surface area contributed by atoms with Crippen molar-refractivity contribution in [2.24, 2.45) is 0 Å². The quantitative estimate of drug-likeness (QED) is 0.279. The molecule has 2 heteroatoms. The van der Waals surface area contributed by atoms with Crippen LogP contribution in [-0.2, 0) is 4.74 Å². The molecule has 0 aliphatic rings. The number of ether oxygens (including phenoxy) is 1. The van der Waals surface area contributed by atoms with Gasteiger partial charge in [0.1, 0.15) is 13.6 Å². The Hall–Kier alpha value is -0.530. The van der Waals surface area contributed by atoms with Gasteiger partial charge in [-0.05, 0) is 6.92 Å². The van der Waals surface area contributed by atoms with Crippen molar-refractivity contribution in [3.05, 3.63) is 0 Å². The molecular weight excluding hydrogens is 102 g/mol. The normalized spacial score (nSPS) is 13.0. The predicted molar refractivity (Wildman–Crippen MR) is 34.4 cm³/mol. The van der Waals surface area contributed by atoms with Crippen molar-refractivity contribution in [2.75, 3.05) is 20.7 Å². The van der Waals surface area contributed by atoms with E-state index in [1.807, 2.05) is 18.5 Å². The highest BCUT2D eigenvalue weighted by atomic mass is 16.5. The van der Waals surface area contributed by atoms with E-state index in [4.69, 9.17) is 4.74 Å². The van der Waals surface area contributed by atoms with E-state index in [2.05, 4.69) is 6.92 Å². The van der Waals surface area contributed by atoms with Crippen molar-refractivity contribution >= 4 is 5.90 Å². The minimum absolute atomic E-state index is 0.965. The Kier molecular flexibility index (Phi) is 3.24. The molecular formula is C6H14NO+.